The smallest absolute Gasteiger partial charge is 0.280 e. The maximum absolute atomic E-state index is 12.9. The van der Waals surface area contributed by atoms with Crippen molar-refractivity contribution in [2.45, 2.75) is 6.43 Å². The highest BCUT2D eigenvalue weighted by molar-refractivity contribution is 9.10. The van der Waals surface area contributed by atoms with Gasteiger partial charge >= 0.3 is 0 Å². The van der Waals surface area contributed by atoms with E-state index < -0.39 is 18.1 Å². The van der Waals surface area contributed by atoms with Crippen LogP contribution in [0.25, 0.3) is 0 Å². The number of halogens is 4. The maximum Gasteiger partial charge on any atom is 0.280 e. The Hall–Kier alpha value is -0.780. The minimum atomic E-state index is -2.79. The van der Waals surface area contributed by atoms with Crippen molar-refractivity contribution in [3.05, 3.63) is 22.2 Å². The van der Waals surface area contributed by atoms with Gasteiger partial charge in [0.25, 0.3) is 12.4 Å². The number of aromatic nitrogens is 1. The molecule has 6 heteroatoms. The summed E-state index contributed by atoms with van der Waals surface area (Å²) >= 11 is 2.89. The van der Waals surface area contributed by atoms with Gasteiger partial charge in [0, 0.05) is 0 Å². The van der Waals surface area contributed by atoms with E-state index in [2.05, 4.69) is 25.7 Å². The van der Waals surface area contributed by atoms with E-state index in [4.69, 9.17) is 0 Å². The van der Waals surface area contributed by atoms with Gasteiger partial charge in [-0.25, -0.2) is 13.8 Å². The second-order valence-corrected chi connectivity index (χ2v) is 3.01. The zero-order chi connectivity index (χ0) is 10.0. The van der Waals surface area contributed by atoms with Gasteiger partial charge in [0.05, 0.1) is 11.6 Å². The molecule has 72 valence electrons. The first kappa shape index (κ1) is 10.3. The van der Waals surface area contributed by atoms with Gasteiger partial charge in [-0.2, -0.15) is 4.39 Å². The molecule has 0 amide bonds. The number of ether oxygens (including phenoxy) is 1. The van der Waals surface area contributed by atoms with Crippen molar-refractivity contribution in [1.29, 1.82) is 0 Å². The maximum atomic E-state index is 12.9. The highest BCUT2D eigenvalue weighted by atomic mass is 79.9. The molecule has 0 atom stereocenters. The van der Waals surface area contributed by atoms with E-state index in [9.17, 15) is 13.2 Å². The lowest BCUT2D eigenvalue weighted by molar-refractivity contribution is 0.144. The molecule has 0 saturated carbocycles. The molecule has 2 nitrogen and oxygen atoms in total. The Morgan fingerprint density at radius 1 is 1.54 bits per heavy atom. The lowest BCUT2D eigenvalue weighted by atomic mass is 10.3. The van der Waals surface area contributed by atoms with Gasteiger partial charge in [0.15, 0.2) is 5.75 Å². The SMILES string of the molecule is COc1c(Br)cc(C(F)F)nc1F. The second-order valence-electron chi connectivity index (χ2n) is 2.15. The molecule has 1 heterocycles. The topological polar surface area (TPSA) is 22.1 Å². The van der Waals surface area contributed by atoms with Crippen molar-refractivity contribution in [2.75, 3.05) is 7.11 Å². The Balaban J connectivity index is 3.20. The van der Waals surface area contributed by atoms with Crippen LogP contribution in [0, 0.1) is 5.95 Å². The summed E-state index contributed by atoms with van der Waals surface area (Å²) in [6.45, 7) is 0. The minimum absolute atomic E-state index is 0.123. The summed E-state index contributed by atoms with van der Waals surface area (Å²) in [4.78, 5) is 3.03. The Morgan fingerprint density at radius 2 is 2.15 bits per heavy atom. The number of rotatable bonds is 2. The second kappa shape index (κ2) is 3.95. The van der Waals surface area contributed by atoms with Crippen LogP contribution in [0.1, 0.15) is 12.1 Å². The summed E-state index contributed by atoms with van der Waals surface area (Å²) in [6, 6.07) is 1.02. The van der Waals surface area contributed by atoms with Crippen LogP contribution in [-0.2, 0) is 0 Å². The summed E-state index contributed by atoms with van der Waals surface area (Å²) in [7, 11) is 1.23. The molecule has 0 saturated heterocycles. The monoisotopic (exact) mass is 255 g/mol. The van der Waals surface area contributed by atoms with Crippen LogP contribution >= 0.6 is 15.9 Å². The molecule has 0 spiro atoms. The molecule has 0 unspecified atom stereocenters. The third-order valence-corrected chi connectivity index (χ3v) is 1.92. The van der Waals surface area contributed by atoms with Crippen LogP contribution in [0.4, 0.5) is 13.2 Å². The highest BCUT2D eigenvalue weighted by Crippen LogP contribution is 2.30. The predicted molar refractivity (Wildman–Crippen MR) is 43.4 cm³/mol. The molecular weight excluding hydrogens is 251 g/mol. The first-order valence-corrected chi connectivity index (χ1v) is 4.03. The van der Waals surface area contributed by atoms with Crippen molar-refractivity contribution in [2.24, 2.45) is 0 Å². The average Bonchev–Trinajstić information content (AvgIpc) is 2.03. The highest BCUT2D eigenvalue weighted by Gasteiger charge is 2.16. The fraction of sp³-hybridized carbons (Fsp3) is 0.286. The first-order chi connectivity index (χ1) is 6.06. The van der Waals surface area contributed by atoms with Crippen molar-refractivity contribution in [1.82, 2.24) is 4.98 Å². The van der Waals surface area contributed by atoms with Gasteiger partial charge in [-0.15, -0.1) is 0 Å². The molecule has 0 bridgehead atoms. The van der Waals surface area contributed by atoms with Crippen LogP contribution in [0.5, 0.6) is 5.75 Å². The Bertz CT molecular complexity index is 296. The molecule has 0 aliphatic carbocycles. The van der Waals surface area contributed by atoms with E-state index in [0.717, 1.165) is 6.07 Å². The van der Waals surface area contributed by atoms with E-state index >= 15 is 0 Å². The molecule has 0 aromatic carbocycles. The molecule has 0 fully saturated rings. The Morgan fingerprint density at radius 3 is 2.54 bits per heavy atom. The molecule has 0 N–H and O–H groups in total. The normalized spacial score (nSPS) is 10.6. The average molecular weight is 256 g/mol. The number of hydrogen-bond donors (Lipinski definition) is 0. The van der Waals surface area contributed by atoms with Crippen LogP contribution in [0.2, 0.25) is 0 Å². The Labute approximate surface area is 80.9 Å². The lowest BCUT2D eigenvalue weighted by Gasteiger charge is -2.05. The van der Waals surface area contributed by atoms with Gasteiger partial charge in [-0.05, 0) is 22.0 Å². The van der Waals surface area contributed by atoms with Crippen LogP contribution in [0.15, 0.2) is 10.5 Å². The summed E-state index contributed by atoms with van der Waals surface area (Å²) in [5.41, 5.74) is -0.620. The number of pyridine rings is 1. The molecule has 1 rings (SSSR count). The number of alkyl halides is 2. The van der Waals surface area contributed by atoms with Gasteiger partial charge in [0.1, 0.15) is 5.69 Å². The first-order valence-electron chi connectivity index (χ1n) is 3.24. The predicted octanol–water partition coefficient (Wildman–Crippen LogP) is 2.93. The molecule has 0 aliphatic heterocycles. The Kier molecular flexibility index (Phi) is 3.13. The van der Waals surface area contributed by atoms with Crippen LogP contribution < -0.4 is 4.74 Å². The molecule has 13 heavy (non-hydrogen) atoms. The van der Waals surface area contributed by atoms with E-state index in [1.54, 1.807) is 0 Å². The van der Waals surface area contributed by atoms with Gasteiger partial charge in [0.2, 0.25) is 0 Å². The fourth-order valence-electron chi connectivity index (χ4n) is 0.784. The third kappa shape index (κ3) is 2.12. The molecule has 0 radical (unpaired) electrons. The van der Waals surface area contributed by atoms with E-state index in [-0.39, 0.29) is 10.2 Å². The quantitative estimate of drug-likeness (QED) is 0.759. The lowest BCUT2D eigenvalue weighted by Crippen LogP contribution is -1.98. The molecule has 1 aromatic heterocycles. The van der Waals surface area contributed by atoms with E-state index in [0.29, 0.717) is 0 Å². The number of nitrogens with zero attached hydrogens (tertiary/aromatic N) is 1. The fourth-order valence-corrected chi connectivity index (χ4v) is 1.34. The third-order valence-electron chi connectivity index (χ3n) is 1.33. The summed E-state index contributed by atoms with van der Waals surface area (Å²) in [5.74, 6) is -1.23. The zero-order valence-corrected chi connectivity index (χ0v) is 8.11. The summed E-state index contributed by atoms with van der Waals surface area (Å²) in [5, 5.41) is 0. The van der Waals surface area contributed by atoms with E-state index in [1.165, 1.54) is 7.11 Å². The molecule has 0 aliphatic rings. The van der Waals surface area contributed by atoms with Gasteiger partial charge < -0.3 is 4.74 Å². The van der Waals surface area contributed by atoms with Crippen molar-refractivity contribution in [3.63, 3.8) is 0 Å². The molecular formula is C7H5BrF3NO. The molecule has 1 aromatic rings. The largest absolute Gasteiger partial charge is 0.491 e. The zero-order valence-electron chi connectivity index (χ0n) is 6.52. The van der Waals surface area contributed by atoms with E-state index in [1.807, 2.05) is 0 Å². The standard InChI is InChI=1S/C7H5BrF3NO/c1-13-5-3(8)2-4(6(9)10)12-7(5)11/h2,6H,1H3. The van der Waals surface area contributed by atoms with Crippen molar-refractivity contribution in [3.8, 4) is 5.75 Å². The van der Waals surface area contributed by atoms with Crippen molar-refractivity contribution < 1.29 is 17.9 Å². The summed E-state index contributed by atoms with van der Waals surface area (Å²) in [6.07, 6.45) is -2.79. The van der Waals surface area contributed by atoms with Crippen LogP contribution in [0.3, 0.4) is 0 Å². The summed E-state index contributed by atoms with van der Waals surface area (Å²) < 4.78 is 41.7. The van der Waals surface area contributed by atoms with Crippen molar-refractivity contribution >= 4 is 15.9 Å². The number of hydrogen-bond acceptors (Lipinski definition) is 2. The van der Waals surface area contributed by atoms with Crippen LogP contribution in [-0.4, -0.2) is 12.1 Å². The van der Waals surface area contributed by atoms with Gasteiger partial charge in [-0.1, -0.05) is 0 Å². The number of methoxy groups -OCH3 is 1. The van der Waals surface area contributed by atoms with Gasteiger partial charge in [-0.3, -0.25) is 0 Å². The minimum Gasteiger partial charge on any atom is -0.491 e.